The van der Waals surface area contributed by atoms with Crippen molar-refractivity contribution in [2.75, 3.05) is 20.8 Å². The minimum absolute atomic E-state index is 0.368. The fraction of sp³-hybridized carbons (Fsp3) is 0.455. The predicted octanol–water partition coefficient (Wildman–Crippen LogP) is 1.72. The van der Waals surface area contributed by atoms with Crippen molar-refractivity contribution in [3.63, 3.8) is 0 Å². The van der Waals surface area contributed by atoms with Crippen molar-refractivity contribution in [1.82, 2.24) is 0 Å². The van der Waals surface area contributed by atoms with Gasteiger partial charge in [-0.1, -0.05) is 36.8 Å². The van der Waals surface area contributed by atoms with Gasteiger partial charge >= 0.3 is 0 Å². The molecular formula is C22H32N2O2+2. The van der Waals surface area contributed by atoms with E-state index < -0.39 is 0 Å². The van der Waals surface area contributed by atoms with Crippen LogP contribution in [-0.4, -0.2) is 26.8 Å². The summed E-state index contributed by atoms with van der Waals surface area (Å²) in [7, 11) is 3.41. The van der Waals surface area contributed by atoms with Gasteiger partial charge in [0.25, 0.3) is 0 Å². The van der Waals surface area contributed by atoms with Gasteiger partial charge in [-0.25, -0.2) is 0 Å². The molecule has 3 rings (SSSR count). The molecule has 1 unspecified atom stereocenters. The van der Waals surface area contributed by atoms with E-state index >= 15 is 0 Å². The first-order chi connectivity index (χ1) is 12.6. The fourth-order valence-corrected chi connectivity index (χ4v) is 4.22. The lowest BCUT2D eigenvalue weighted by Crippen LogP contribution is -3.14. The van der Waals surface area contributed by atoms with Crippen molar-refractivity contribution in [3.05, 3.63) is 58.7 Å². The lowest BCUT2D eigenvalue weighted by atomic mass is 9.86. The third kappa shape index (κ3) is 3.71. The number of quaternary nitrogens is 2. The standard InChI is InChI=1S/C22H30N2O2/c1-5-19(23)22-18-13-21(26-4)20(25-3)12-17(18)9-10-24(22)14-16-8-6-7-15(2)11-16/h6-8,11-13,19,22H,5,9-10,14,23H2,1-4H3/p+2/t19-,22+/m1/s1. The number of ether oxygens (including phenoxy) is 2. The Balaban J connectivity index is 1.98. The second-order valence-corrected chi connectivity index (χ2v) is 7.38. The molecule has 140 valence electrons. The van der Waals surface area contributed by atoms with Gasteiger partial charge in [0.2, 0.25) is 0 Å². The Hall–Kier alpha value is -2.04. The van der Waals surface area contributed by atoms with E-state index in [1.165, 1.54) is 22.3 Å². The molecule has 4 nitrogen and oxygen atoms in total. The number of hydrogen-bond acceptors (Lipinski definition) is 2. The van der Waals surface area contributed by atoms with Crippen LogP contribution in [0.15, 0.2) is 36.4 Å². The van der Waals surface area contributed by atoms with Crippen LogP contribution in [0.2, 0.25) is 0 Å². The van der Waals surface area contributed by atoms with Gasteiger partial charge in [0, 0.05) is 24.0 Å². The zero-order valence-corrected chi connectivity index (χ0v) is 16.5. The number of aryl methyl sites for hydroxylation is 1. The minimum atomic E-state index is 0.368. The van der Waals surface area contributed by atoms with Crippen LogP contribution in [0.3, 0.4) is 0 Å². The van der Waals surface area contributed by atoms with E-state index in [2.05, 4.69) is 56.0 Å². The Morgan fingerprint density at radius 2 is 1.88 bits per heavy atom. The molecule has 1 heterocycles. The summed E-state index contributed by atoms with van der Waals surface area (Å²) in [5, 5.41) is 0. The van der Waals surface area contributed by atoms with Gasteiger partial charge < -0.3 is 20.1 Å². The zero-order valence-electron chi connectivity index (χ0n) is 16.5. The van der Waals surface area contributed by atoms with Gasteiger partial charge in [0.05, 0.1) is 20.8 Å². The summed E-state index contributed by atoms with van der Waals surface area (Å²) >= 11 is 0. The van der Waals surface area contributed by atoms with Crippen molar-refractivity contribution in [2.24, 2.45) is 0 Å². The molecule has 2 aromatic rings. The van der Waals surface area contributed by atoms with Gasteiger partial charge in [-0.15, -0.1) is 0 Å². The summed E-state index contributed by atoms with van der Waals surface area (Å²) in [5.74, 6) is 1.64. The van der Waals surface area contributed by atoms with Crippen LogP contribution >= 0.6 is 0 Å². The fourth-order valence-electron chi connectivity index (χ4n) is 4.22. The minimum Gasteiger partial charge on any atom is -0.493 e. The van der Waals surface area contributed by atoms with Crippen molar-refractivity contribution in [2.45, 2.75) is 45.3 Å². The zero-order chi connectivity index (χ0) is 18.7. The highest BCUT2D eigenvalue weighted by atomic mass is 16.5. The molecule has 1 aliphatic rings. The maximum absolute atomic E-state index is 5.58. The van der Waals surface area contributed by atoms with Crippen molar-refractivity contribution in [1.29, 1.82) is 0 Å². The average Bonchev–Trinajstić information content (AvgIpc) is 2.66. The normalized spacial score (nSPS) is 20.3. The summed E-state index contributed by atoms with van der Waals surface area (Å²) < 4.78 is 11.1. The van der Waals surface area contributed by atoms with Crippen molar-refractivity contribution >= 4 is 0 Å². The van der Waals surface area contributed by atoms with Crippen LogP contribution in [-0.2, 0) is 13.0 Å². The summed E-state index contributed by atoms with van der Waals surface area (Å²) in [4.78, 5) is 1.59. The molecule has 0 radical (unpaired) electrons. The number of methoxy groups -OCH3 is 2. The Kier molecular flexibility index (Phi) is 5.84. The van der Waals surface area contributed by atoms with E-state index in [1.54, 1.807) is 19.1 Å². The lowest BCUT2D eigenvalue weighted by molar-refractivity contribution is -0.957. The van der Waals surface area contributed by atoms with Gasteiger partial charge in [-0.2, -0.15) is 0 Å². The number of benzene rings is 2. The van der Waals surface area contributed by atoms with Crippen molar-refractivity contribution in [3.8, 4) is 11.5 Å². The molecule has 3 atom stereocenters. The molecule has 0 aliphatic carbocycles. The van der Waals surface area contributed by atoms with Crippen LogP contribution < -0.4 is 20.1 Å². The van der Waals surface area contributed by atoms with Crippen molar-refractivity contribution < 1.29 is 20.1 Å². The highest BCUT2D eigenvalue weighted by molar-refractivity contribution is 5.49. The number of rotatable bonds is 6. The summed E-state index contributed by atoms with van der Waals surface area (Å²) in [5.41, 5.74) is 9.97. The molecular weight excluding hydrogens is 324 g/mol. The first-order valence-corrected chi connectivity index (χ1v) is 9.55. The summed E-state index contributed by atoms with van der Waals surface area (Å²) in [6, 6.07) is 14.0. The second-order valence-electron chi connectivity index (χ2n) is 7.38. The molecule has 2 aromatic carbocycles. The average molecular weight is 357 g/mol. The molecule has 4 heteroatoms. The van der Waals surface area contributed by atoms with Gasteiger partial charge in [-0.3, -0.25) is 0 Å². The van der Waals surface area contributed by atoms with Gasteiger partial charge in [0.15, 0.2) is 17.5 Å². The maximum atomic E-state index is 5.58. The van der Waals surface area contributed by atoms with E-state index in [0.717, 1.165) is 37.4 Å². The van der Waals surface area contributed by atoms with E-state index in [1.807, 2.05) is 0 Å². The van der Waals surface area contributed by atoms with Crippen LogP contribution in [0.4, 0.5) is 0 Å². The molecule has 26 heavy (non-hydrogen) atoms. The quantitative estimate of drug-likeness (QED) is 0.828. The molecule has 4 N–H and O–H groups in total. The summed E-state index contributed by atoms with van der Waals surface area (Å²) in [6.07, 6.45) is 2.12. The smallest absolute Gasteiger partial charge is 0.166 e. The molecule has 0 amide bonds. The molecule has 0 spiro atoms. The molecule has 0 fully saturated rings. The topological polar surface area (TPSA) is 50.5 Å². The lowest BCUT2D eigenvalue weighted by Gasteiger charge is -2.36. The predicted molar refractivity (Wildman–Crippen MR) is 104 cm³/mol. The Labute approximate surface area is 156 Å². The molecule has 0 aromatic heterocycles. The first kappa shape index (κ1) is 18.7. The third-order valence-electron chi connectivity index (χ3n) is 5.65. The summed E-state index contributed by atoms with van der Waals surface area (Å²) in [6.45, 7) is 6.55. The number of nitrogens with one attached hydrogen (secondary N) is 1. The van der Waals surface area contributed by atoms with Crippen LogP contribution in [0, 0.1) is 6.92 Å². The van der Waals surface area contributed by atoms with Gasteiger partial charge in [-0.05, 0) is 24.6 Å². The first-order valence-electron chi connectivity index (χ1n) is 9.55. The van der Waals surface area contributed by atoms with E-state index in [4.69, 9.17) is 9.47 Å². The van der Waals surface area contributed by atoms with Crippen LogP contribution in [0.25, 0.3) is 0 Å². The number of fused-ring (bicyclic) bond motifs is 1. The third-order valence-corrected chi connectivity index (χ3v) is 5.65. The second kappa shape index (κ2) is 8.11. The number of hydrogen-bond donors (Lipinski definition) is 2. The van der Waals surface area contributed by atoms with E-state index in [-0.39, 0.29) is 0 Å². The Morgan fingerprint density at radius 3 is 2.54 bits per heavy atom. The largest absolute Gasteiger partial charge is 0.493 e. The molecule has 0 saturated heterocycles. The molecule has 0 saturated carbocycles. The van der Waals surface area contributed by atoms with Gasteiger partial charge in [0.1, 0.15) is 12.6 Å². The van der Waals surface area contributed by atoms with Crippen LogP contribution in [0.5, 0.6) is 11.5 Å². The SMILES string of the molecule is CC[C@@H]([NH3+])[C@@H]1c2cc(OC)c(OC)cc2CC[NH+]1Cc1cccc(C)c1. The Bertz CT molecular complexity index is 760. The maximum Gasteiger partial charge on any atom is 0.166 e. The monoisotopic (exact) mass is 356 g/mol. The highest BCUT2D eigenvalue weighted by Crippen LogP contribution is 2.35. The highest BCUT2D eigenvalue weighted by Gasteiger charge is 2.38. The van der Waals surface area contributed by atoms with E-state index in [9.17, 15) is 0 Å². The Morgan fingerprint density at radius 1 is 1.15 bits per heavy atom. The van der Waals surface area contributed by atoms with E-state index in [0.29, 0.717) is 12.1 Å². The van der Waals surface area contributed by atoms with Crippen LogP contribution in [0.1, 0.15) is 41.6 Å². The molecule has 1 aliphatic heterocycles. The molecule has 0 bridgehead atoms.